The van der Waals surface area contributed by atoms with E-state index in [4.69, 9.17) is 0 Å². The predicted molar refractivity (Wildman–Crippen MR) is 83.0 cm³/mol. The summed E-state index contributed by atoms with van der Waals surface area (Å²) in [6.45, 7) is 10.6. The highest BCUT2D eigenvalue weighted by Crippen LogP contribution is 2.21. The third-order valence-corrected chi connectivity index (χ3v) is 4.21. The lowest BCUT2D eigenvalue weighted by Crippen LogP contribution is -2.36. The molecule has 1 unspecified atom stereocenters. The van der Waals surface area contributed by atoms with Crippen molar-refractivity contribution in [3.05, 3.63) is 16.1 Å². The number of hydrogen-bond donors (Lipinski definition) is 2. The smallest absolute Gasteiger partial charge is 0.226 e. The van der Waals surface area contributed by atoms with Crippen LogP contribution >= 0.6 is 11.3 Å². The van der Waals surface area contributed by atoms with Gasteiger partial charge in [0.2, 0.25) is 5.91 Å². The van der Waals surface area contributed by atoms with E-state index in [2.05, 4.69) is 24.1 Å². The zero-order valence-corrected chi connectivity index (χ0v) is 13.9. The number of carbonyl (C=O) groups is 1. The lowest BCUT2D eigenvalue weighted by atomic mass is 9.87. The lowest BCUT2D eigenvalue weighted by molar-refractivity contribution is -0.121. The minimum atomic E-state index is -0.353. The Bertz CT molecular complexity index is 439. The molecule has 1 heterocycles. The fourth-order valence-electron chi connectivity index (χ4n) is 2.11. The molecule has 0 aliphatic carbocycles. The van der Waals surface area contributed by atoms with E-state index in [9.17, 15) is 9.90 Å². The van der Waals surface area contributed by atoms with Crippen molar-refractivity contribution in [1.29, 1.82) is 0 Å². The average Bonchev–Trinajstić information content (AvgIpc) is 2.73. The number of nitrogens with one attached hydrogen (secondary N) is 1. The van der Waals surface area contributed by atoms with Gasteiger partial charge >= 0.3 is 0 Å². The quantitative estimate of drug-likeness (QED) is 0.813. The molecule has 0 fully saturated rings. The summed E-state index contributed by atoms with van der Waals surface area (Å²) in [7, 11) is 0. The molecule has 0 saturated heterocycles. The summed E-state index contributed by atoms with van der Waals surface area (Å²) >= 11 is 1.61. The number of nitrogens with zero attached hydrogens (tertiary/aromatic N) is 1. The molecule has 5 heteroatoms. The molecular formula is C15H26N2O2S. The number of thiazole rings is 1. The molecule has 0 aromatic carbocycles. The van der Waals surface area contributed by atoms with Gasteiger partial charge in [0.1, 0.15) is 0 Å². The molecule has 2 N–H and O–H groups in total. The van der Waals surface area contributed by atoms with Gasteiger partial charge in [-0.2, -0.15) is 0 Å². The maximum absolute atomic E-state index is 11.9. The summed E-state index contributed by atoms with van der Waals surface area (Å²) in [5.74, 6) is 0.395. The minimum absolute atomic E-state index is 0.00993. The Morgan fingerprint density at radius 2 is 2.10 bits per heavy atom. The van der Waals surface area contributed by atoms with Gasteiger partial charge in [-0.1, -0.05) is 27.7 Å². The van der Waals surface area contributed by atoms with Crippen molar-refractivity contribution in [2.45, 2.75) is 59.5 Å². The van der Waals surface area contributed by atoms with Gasteiger partial charge in [0.05, 0.1) is 23.2 Å². The second-order valence-corrected chi connectivity index (χ2v) is 7.39. The molecule has 1 aromatic rings. The second kappa shape index (κ2) is 7.18. The minimum Gasteiger partial charge on any atom is -0.393 e. The van der Waals surface area contributed by atoms with Gasteiger partial charge in [-0.3, -0.25) is 4.79 Å². The molecule has 0 radical (unpaired) electrons. The van der Waals surface area contributed by atoms with Crippen molar-refractivity contribution < 1.29 is 9.90 Å². The largest absolute Gasteiger partial charge is 0.393 e. The summed E-state index contributed by atoms with van der Waals surface area (Å²) < 4.78 is 0. The van der Waals surface area contributed by atoms with Gasteiger partial charge in [-0.15, -0.1) is 11.3 Å². The van der Waals surface area contributed by atoms with E-state index in [1.54, 1.807) is 18.3 Å². The van der Waals surface area contributed by atoms with Crippen molar-refractivity contribution in [1.82, 2.24) is 10.3 Å². The molecule has 1 rings (SSSR count). The monoisotopic (exact) mass is 298 g/mol. The van der Waals surface area contributed by atoms with E-state index in [0.717, 1.165) is 10.7 Å². The summed E-state index contributed by atoms with van der Waals surface area (Å²) in [4.78, 5) is 16.4. The van der Waals surface area contributed by atoms with Crippen LogP contribution in [0.25, 0.3) is 0 Å². The van der Waals surface area contributed by atoms with E-state index in [1.165, 1.54) is 0 Å². The predicted octanol–water partition coefficient (Wildman–Crippen LogP) is 2.72. The number of rotatable bonds is 7. The Morgan fingerprint density at radius 1 is 1.45 bits per heavy atom. The Labute approximate surface area is 125 Å². The zero-order chi connectivity index (χ0) is 15.3. The van der Waals surface area contributed by atoms with E-state index in [-0.39, 0.29) is 17.4 Å². The number of aliphatic hydroxyl groups is 1. The van der Waals surface area contributed by atoms with Crippen molar-refractivity contribution in [2.75, 3.05) is 6.54 Å². The molecule has 1 atom stereocenters. The first-order valence-electron chi connectivity index (χ1n) is 7.08. The van der Waals surface area contributed by atoms with Crippen LogP contribution < -0.4 is 5.32 Å². The summed E-state index contributed by atoms with van der Waals surface area (Å²) in [6.07, 6.45) is 0.643. The zero-order valence-electron chi connectivity index (χ0n) is 13.1. The van der Waals surface area contributed by atoms with Gasteiger partial charge < -0.3 is 10.4 Å². The highest BCUT2D eigenvalue weighted by atomic mass is 32.1. The van der Waals surface area contributed by atoms with Crippen molar-refractivity contribution in [2.24, 2.45) is 5.41 Å². The van der Waals surface area contributed by atoms with Crippen LogP contribution in [0.3, 0.4) is 0 Å². The third-order valence-electron chi connectivity index (χ3n) is 3.02. The van der Waals surface area contributed by atoms with Crippen LogP contribution in [0.1, 0.15) is 57.7 Å². The fourth-order valence-corrected chi connectivity index (χ4v) is 2.94. The fraction of sp³-hybridized carbons (Fsp3) is 0.733. The highest BCUT2D eigenvalue weighted by Gasteiger charge is 2.21. The van der Waals surface area contributed by atoms with Crippen LogP contribution in [-0.4, -0.2) is 28.6 Å². The molecule has 0 aliphatic rings. The molecule has 1 aromatic heterocycles. The second-order valence-electron chi connectivity index (χ2n) is 6.50. The molecular weight excluding hydrogens is 272 g/mol. The van der Waals surface area contributed by atoms with Gasteiger partial charge in [-0.05, 0) is 18.8 Å². The lowest BCUT2D eigenvalue weighted by Gasteiger charge is -2.26. The Hall–Kier alpha value is -0.940. The first-order chi connectivity index (χ1) is 9.19. The molecule has 114 valence electrons. The molecule has 0 aliphatic heterocycles. The number of amides is 1. The van der Waals surface area contributed by atoms with E-state index in [0.29, 0.717) is 25.3 Å². The van der Waals surface area contributed by atoms with Crippen molar-refractivity contribution in [3.63, 3.8) is 0 Å². The Morgan fingerprint density at radius 3 is 2.60 bits per heavy atom. The van der Waals surface area contributed by atoms with Crippen LogP contribution in [0.4, 0.5) is 0 Å². The van der Waals surface area contributed by atoms with Crippen LogP contribution in [0, 0.1) is 5.41 Å². The Balaban J connectivity index is 2.43. The molecule has 4 nitrogen and oxygen atoms in total. The number of aromatic nitrogens is 1. The van der Waals surface area contributed by atoms with Crippen LogP contribution in [0.15, 0.2) is 5.38 Å². The van der Waals surface area contributed by atoms with Gasteiger partial charge in [0.15, 0.2) is 0 Å². The summed E-state index contributed by atoms with van der Waals surface area (Å²) in [5.41, 5.74) is 0.735. The van der Waals surface area contributed by atoms with Gasteiger partial charge in [-0.25, -0.2) is 4.98 Å². The average molecular weight is 298 g/mol. The van der Waals surface area contributed by atoms with Crippen LogP contribution in [0.2, 0.25) is 0 Å². The highest BCUT2D eigenvalue weighted by molar-refractivity contribution is 7.09. The standard InChI is InChI=1S/C15H26N2O2S/c1-10(2)14-17-12(8-20-14)6-13(19)16-9-15(4,5)7-11(3)18/h8,10-11,18H,6-7,9H2,1-5H3,(H,16,19). The normalized spacial score (nSPS) is 13.6. The molecule has 20 heavy (non-hydrogen) atoms. The first-order valence-corrected chi connectivity index (χ1v) is 7.96. The van der Waals surface area contributed by atoms with E-state index < -0.39 is 0 Å². The number of aliphatic hydroxyl groups excluding tert-OH is 1. The molecule has 0 bridgehead atoms. The van der Waals surface area contributed by atoms with E-state index >= 15 is 0 Å². The summed E-state index contributed by atoms with van der Waals surface area (Å²) in [6, 6.07) is 0. The Kier molecular flexibility index (Phi) is 6.14. The summed E-state index contributed by atoms with van der Waals surface area (Å²) in [5, 5.41) is 15.4. The maximum atomic E-state index is 11.9. The topological polar surface area (TPSA) is 62.2 Å². The molecule has 1 amide bonds. The van der Waals surface area contributed by atoms with Crippen molar-refractivity contribution in [3.8, 4) is 0 Å². The van der Waals surface area contributed by atoms with Crippen LogP contribution in [0.5, 0.6) is 0 Å². The van der Waals surface area contributed by atoms with Gasteiger partial charge in [0, 0.05) is 17.8 Å². The SMILES string of the molecule is CC(O)CC(C)(C)CNC(=O)Cc1csc(C(C)C)n1. The number of carbonyl (C=O) groups excluding carboxylic acids is 1. The van der Waals surface area contributed by atoms with E-state index in [1.807, 2.05) is 19.2 Å². The molecule has 0 saturated carbocycles. The van der Waals surface area contributed by atoms with Crippen molar-refractivity contribution >= 4 is 17.2 Å². The number of hydrogen-bond acceptors (Lipinski definition) is 4. The maximum Gasteiger partial charge on any atom is 0.226 e. The van der Waals surface area contributed by atoms with Gasteiger partial charge in [0.25, 0.3) is 0 Å². The molecule has 0 spiro atoms. The first kappa shape index (κ1) is 17.1. The third kappa shape index (κ3) is 6.01. The van der Waals surface area contributed by atoms with Crippen LogP contribution in [-0.2, 0) is 11.2 Å².